The van der Waals surface area contributed by atoms with Crippen LogP contribution in [0.1, 0.15) is 37.7 Å². The van der Waals surface area contributed by atoms with E-state index in [0.717, 1.165) is 41.3 Å². The summed E-state index contributed by atoms with van der Waals surface area (Å²) in [6.07, 6.45) is 7.21. The molecule has 3 aliphatic heterocycles. The van der Waals surface area contributed by atoms with Gasteiger partial charge in [-0.25, -0.2) is 0 Å². The fourth-order valence-electron chi connectivity index (χ4n) is 8.03. The van der Waals surface area contributed by atoms with Crippen molar-refractivity contribution >= 4 is 61.9 Å². The van der Waals surface area contributed by atoms with Crippen molar-refractivity contribution < 1.29 is 19.5 Å². The summed E-state index contributed by atoms with van der Waals surface area (Å²) in [6.45, 7) is 9.55. The lowest BCUT2D eigenvalue weighted by molar-refractivity contribution is -0.144. The molecule has 252 valence electrons. The number of carbonyl (C=O) groups excluding carboxylic acids is 3. The average Bonchev–Trinajstić information content (AvgIpc) is 3.69. The number of rotatable bonds is 15. The van der Waals surface area contributed by atoms with Gasteiger partial charge >= 0.3 is 0 Å². The van der Waals surface area contributed by atoms with Gasteiger partial charge in [-0.15, -0.1) is 24.9 Å². The highest BCUT2D eigenvalue weighted by molar-refractivity contribution is 9.09. The van der Waals surface area contributed by atoms with Crippen LogP contribution in [-0.4, -0.2) is 79.7 Å². The zero-order valence-electron chi connectivity index (χ0n) is 27.3. The van der Waals surface area contributed by atoms with E-state index >= 15 is 4.79 Å². The lowest BCUT2D eigenvalue weighted by Crippen LogP contribution is -2.56. The van der Waals surface area contributed by atoms with Gasteiger partial charge in [0.15, 0.2) is 0 Å². The Bertz CT molecular complexity index is 1670. The molecule has 6 atom stereocenters. The molecule has 48 heavy (non-hydrogen) atoms. The largest absolute Gasteiger partial charge is 0.396 e. The maximum absolute atomic E-state index is 15.1. The molecule has 3 saturated heterocycles. The Hall–Kier alpha value is -3.40. The minimum Gasteiger partial charge on any atom is -0.396 e. The topological polar surface area (TPSA) is 81.2 Å². The van der Waals surface area contributed by atoms with E-state index < -0.39 is 22.6 Å². The lowest BCUT2D eigenvalue weighted by atomic mass is 9.70. The van der Waals surface area contributed by atoms with Crippen LogP contribution in [0.4, 0.5) is 5.69 Å². The number of hydrogen-bond donors (Lipinski definition) is 1. The Morgan fingerprint density at radius 3 is 2.38 bits per heavy atom. The highest BCUT2D eigenvalue weighted by atomic mass is 79.9. The Labute approximate surface area is 296 Å². The number of alkyl halides is 1. The van der Waals surface area contributed by atoms with Crippen molar-refractivity contribution in [2.45, 2.75) is 59.5 Å². The Balaban J connectivity index is 1.38. The molecule has 0 aromatic heterocycles. The average molecular weight is 731 g/mol. The number of fused-ring (bicyclic) bond motifs is 2. The normalized spacial score (nSPS) is 25.7. The van der Waals surface area contributed by atoms with Gasteiger partial charge in [0.1, 0.15) is 6.04 Å². The first kappa shape index (κ1) is 34.5. The maximum Gasteiger partial charge on any atom is 0.251 e. The zero-order chi connectivity index (χ0) is 33.8. The van der Waals surface area contributed by atoms with Crippen LogP contribution >= 0.6 is 27.7 Å². The minimum atomic E-state index is -0.749. The van der Waals surface area contributed by atoms with E-state index in [1.54, 1.807) is 33.7 Å². The number of aliphatic hydroxyl groups excluding tert-OH is 1. The highest BCUT2D eigenvalue weighted by Crippen LogP contribution is 2.68. The van der Waals surface area contributed by atoms with Crippen LogP contribution in [0.15, 0.2) is 98.1 Å². The van der Waals surface area contributed by atoms with Crippen molar-refractivity contribution in [1.29, 1.82) is 0 Å². The van der Waals surface area contributed by atoms with Crippen LogP contribution in [0.25, 0.3) is 10.8 Å². The number of hydrogen-bond acceptors (Lipinski definition) is 5. The first-order chi connectivity index (χ1) is 23.3. The third-order valence-electron chi connectivity index (χ3n) is 10.1. The lowest BCUT2D eigenvalue weighted by Gasteiger charge is -2.38. The number of thioether (sulfide) groups is 1. The van der Waals surface area contributed by atoms with Crippen molar-refractivity contribution in [2.24, 2.45) is 11.8 Å². The summed E-state index contributed by atoms with van der Waals surface area (Å²) in [5, 5.41) is 11.3. The summed E-state index contributed by atoms with van der Waals surface area (Å²) in [5.41, 5.74) is 1.77. The molecule has 0 saturated carbocycles. The molecule has 3 unspecified atom stereocenters. The summed E-state index contributed by atoms with van der Waals surface area (Å²) in [7, 11) is 0. The maximum atomic E-state index is 15.1. The van der Waals surface area contributed by atoms with Gasteiger partial charge in [-0.1, -0.05) is 102 Å². The number of nitrogens with zero attached hydrogens (tertiary/aromatic N) is 3. The molecule has 3 heterocycles. The zero-order valence-corrected chi connectivity index (χ0v) is 29.7. The van der Waals surface area contributed by atoms with Crippen molar-refractivity contribution in [3.05, 3.63) is 104 Å². The number of likely N-dealkylation sites (tertiary alicyclic amines) is 1. The third-order valence-corrected chi connectivity index (χ3v) is 13.3. The van der Waals surface area contributed by atoms with Gasteiger partial charge in [0.25, 0.3) is 5.91 Å². The number of amides is 3. The van der Waals surface area contributed by atoms with Gasteiger partial charge < -0.3 is 19.8 Å². The summed E-state index contributed by atoms with van der Waals surface area (Å²) < 4.78 is -0.749. The second kappa shape index (κ2) is 15.0. The molecular weight excluding hydrogens is 686 g/mol. The quantitative estimate of drug-likeness (QED) is 0.109. The number of halogens is 1. The van der Waals surface area contributed by atoms with Gasteiger partial charge in [-0.2, -0.15) is 0 Å². The number of aliphatic hydroxyl groups is 1. The van der Waals surface area contributed by atoms with Crippen LogP contribution in [-0.2, 0) is 20.9 Å². The number of anilines is 1. The molecule has 3 aromatic rings. The van der Waals surface area contributed by atoms with Crippen LogP contribution in [0.5, 0.6) is 0 Å². The van der Waals surface area contributed by atoms with Crippen LogP contribution in [0.2, 0.25) is 0 Å². The second-order valence-electron chi connectivity index (χ2n) is 13.1. The third kappa shape index (κ3) is 6.37. The highest BCUT2D eigenvalue weighted by Gasteiger charge is 2.76. The molecule has 3 amide bonds. The summed E-state index contributed by atoms with van der Waals surface area (Å²) in [5.74, 6) is -1.46. The van der Waals surface area contributed by atoms with E-state index in [1.165, 1.54) is 0 Å². The van der Waals surface area contributed by atoms with E-state index in [1.807, 2.05) is 77.7 Å². The molecule has 9 heteroatoms. The van der Waals surface area contributed by atoms with Crippen molar-refractivity contribution in [1.82, 2.24) is 9.80 Å². The minimum absolute atomic E-state index is 0.0175. The van der Waals surface area contributed by atoms with E-state index in [-0.39, 0.29) is 34.4 Å². The molecule has 0 aliphatic carbocycles. The summed E-state index contributed by atoms with van der Waals surface area (Å²) in [6, 6.07) is 23.2. The first-order valence-corrected chi connectivity index (χ1v) is 18.7. The molecule has 3 fully saturated rings. The summed E-state index contributed by atoms with van der Waals surface area (Å²) in [4.78, 5) is 49.7. The number of benzene rings is 3. The SMILES string of the molecule is C=CCN(Cc1ccccc1)C(=O)[C@H]1[C@H]2C(=O)N(CCCCCCO)C(C(=O)N(CC=C)c3ccc4ccccc4c3)C23CC(Br)[C@@H]1S3. The van der Waals surface area contributed by atoms with E-state index in [4.69, 9.17) is 0 Å². The monoisotopic (exact) mass is 729 g/mol. The molecule has 1 N–H and O–H groups in total. The molecule has 7 nitrogen and oxygen atoms in total. The van der Waals surface area contributed by atoms with E-state index in [2.05, 4.69) is 29.1 Å². The van der Waals surface area contributed by atoms with Crippen molar-refractivity contribution in [2.75, 3.05) is 31.1 Å². The predicted molar refractivity (Wildman–Crippen MR) is 198 cm³/mol. The van der Waals surface area contributed by atoms with E-state index in [0.29, 0.717) is 39.0 Å². The standard InChI is InChI=1S/C39H44BrN3O4S/c1-3-20-41(26-27-14-8-7-9-15-27)36(45)32-33-37(46)43(22-12-5-6-13-23-44)35(39(33)25-31(40)34(32)48-39)38(47)42(21-4-2)30-19-18-28-16-10-11-17-29(28)24-30/h3-4,7-11,14-19,24,31-35,44H,1-2,5-6,12-13,20-23,25-26H2/t31?,32-,33-,34-,35?,39?/m0/s1. The predicted octanol–water partition coefficient (Wildman–Crippen LogP) is 6.59. The molecule has 0 radical (unpaired) electrons. The molecule has 3 aromatic carbocycles. The molecule has 1 spiro atoms. The van der Waals surface area contributed by atoms with Gasteiger partial charge in [0.2, 0.25) is 11.8 Å². The first-order valence-electron chi connectivity index (χ1n) is 16.9. The molecule has 2 bridgehead atoms. The van der Waals surface area contributed by atoms with Crippen LogP contribution < -0.4 is 4.90 Å². The van der Waals surface area contributed by atoms with Crippen molar-refractivity contribution in [3.63, 3.8) is 0 Å². The molecule has 6 rings (SSSR count). The van der Waals surface area contributed by atoms with Gasteiger partial charge in [0, 0.05) is 48.6 Å². The Kier molecular flexibility index (Phi) is 10.8. The van der Waals surface area contributed by atoms with Crippen molar-refractivity contribution in [3.8, 4) is 0 Å². The van der Waals surface area contributed by atoms with Crippen LogP contribution in [0.3, 0.4) is 0 Å². The van der Waals surface area contributed by atoms with Gasteiger partial charge in [0.05, 0.1) is 16.6 Å². The molecular formula is C39H44BrN3O4S. The number of unbranched alkanes of at least 4 members (excludes halogenated alkanes) is 3. The van der Waals surface area contributed by atoms with Gasteiger partial charge in [-0.05, 0) is 47.7 Å². The fraction of sp³-hybridized carbons (Fsp3) is 0.410. The number of carbonyl (C=O) groups is 3. The fourth-order valence-corrected chi connectivity index (χ4v) is 11.6. The van der Waals surface area contributed by atoms with E-state index in [9.17, 15) is 14.7 Å². The van der Waals surface area contributed by atoms with Gasteiger partial charge in [-0.3, -0.25) is 14.4 Å². The molecule has 3 aliphatic rings. The van der Waals surface area contributed by atoms with Crippen LogP contribution in [0, 0.1) is 11.8 Å². The Morgan fingerprint density at radius 2 is 1.65 bits per heavy atom. The Morgan fingerprint density at radius 1 is 0.938 bits per heavy atom. The second-order valence-corrected chi connectivity index (χ2v) is 15.8. The summed E-state index contributed by atoms with van der Waals surface area (Å²) >= 11 is 5.59. The smallest absolute Gasteiger partial charge is 0.251 e.